The van der Waals surface area contributed by atoms with E-state index in [0.717, 1.165) is 0 Å². The Hall–Kier alpha value is -1.34. The van der Waals surface area contributed by atoms with Crippen molar-refractivity contribution in [2.24, 2.45) is 0 Å². The Morgan fingerprint density at radius 1 is 1.31 bits per heavy atom. The van der Waals surface area contributed by atoms with Gasteiger partial charge in [0.1, 0.15) is 0 Å². The van der Waals surface area contributed by atoms with Gasteiger partial charge in [0.15, 0.2) is 0 Å². The van der Waals surface area contributed by atoms with Gasteiger partial charge in [-0.1, -0.05) is 0 Å². The number of hydrogen-bond acceptors (Lipinski definition) is 6. The van der Waals surface area contributed by atoms with Crippen LogP contribution in [-0.2, 0) is 0 Å². The minimum Gasteiger partial charge on any atom is -0.481 e. The SMILES string of the molecule is COc1ccnc(OC)n1.OBO. The summed E-state index contributed by atoms with van der Waals surface area (Å²) < 4.78 is 9.58. The van der Waals surface area contributed by atoms with Crippen molar-refractivity contribution in [3.8, 4) is 11.9 Å². The second-order valence-corrected chi connectivity index (χ2v) is 1.73. The monoisotopic (exact) mass is 186 g/mol. The molecule has 0 atom stereocenters. The molecule has 0 aromatic carbocycles. The van der Waals surface area contributed by atoms with E-state index in [0.29, 0.717) is 11.9 Å². The van der Waals surface area contributed by atoms with E-state index in [9.17, 15) is 0 Å². The van der Waals surface area contributed by atoms with E-state index in [1.165, 1.54) is 7.11 Å². The van der Waals surface area contributed by atoms with Gasteiger partial charge < -0.3 is 19.5 Å². The summed E-state index contributed by atoms with van der Waals surface area (Å²) in [6.45, 7) is 0. The van der Waals surface area contributed by atoms with Crippen molar-refractivity contribution in [1.82, 2.24) is 9.97 Å². The standard InChI is InChI=1S/C6H8N2O2.BH3O2/c1-9-5-3-4-7-6(8-5)10-2;2-1-3/h3-4H,1-2H3;1-3H. The quantitative estimate of drug-likeness (QED) is 0.560. The number of hydrogen-bond donors (Lipinski definition) is 2. The van der Waals surface area contributed by atoms with Gasteiger partial charge in [-0.05, 0) is 0 Å². The summed E-state index contributed by atoms with van der Waals surface area (Å²) in [5.41, 5.74) is 0. The summed E-state index contributed by atoms with van der Waals surface area (Å²) in [5, 5.41) is 14.2. The molecule has 0 radical (unpaired) electrons. The Kier molecular flexibility index (Phi) is 6.57. The van der Waals surface area contributed by atoms with Crippen molar-refractivity contribution in [1.29, 1.82) is 0 Å². The van der Waals surface area contributed by atoms with Gasteiger partial charge in [-0.3, -0.25) is 0 Å². The summed E-state index contributed by atoms with van der Waals surface area (Å²) in [4.78, 5) is 7.65. The van der Waals surface area contributed by atoms with Crippen LogP contribution in [0, 0.1) is 0 Å². The largest absolute Gasteiger partial charge is 0.481 e. The molecule has 1 aromatic rings. The molecule has 0 spiro atoms. The van der Waals surface area contributed by atoms with Crippen molar-refractivity contribution in [2.45, 2.75) is 0 Å². The maximum Gasteiger partial charge on any atom is 0.432 e. The van der Waals surface area contributed by atoms with Crippen LogP contribution < -0.4 is 9.47 Å². The molecule has 1 heterocycles. The lowest BCUT2D eigenvalue weighted by atomic mass is 10.5. The molecule has 0 aliphatic rings. The molecule has 0 saturated heterocycles. The number of nitrogens with zero attached hydrogens (tertiary/aromatic N) is 2. The van der Waals surface area contributed by atoms with Gasteiger partial charge in [0.05, 0.1) is 14.2 Å². The van der Waals surface area contributed by atoms with E-state index in [-0.39, 0.29) is 0 Å². The van der Waals surface area contributed by atoms with Crippen molar-refractivity contribution < 1.29 is 19.5 Å². The van der Waals surface area contributed by atoms with E-state index in [4.69, 9.17) is 19.5 Å². The molecule has 0 fully saturated rings. The third kappa shape index (κ3) is 4.99. The third-order valence-electron chi connectivity index (χ3n) is 1.000. The predicted molar refractivity (Wildman–Crippen MR) is 46.7 cm³/mol. The molecule has 0 amide bonds. The highest BCUT2D eigenvalue weighted by Crippen LogP contribution is 2.07. The number of ether oxygens (including phenoxy) is 2. The van der Waals surface area contributed by atoms with Gasteiger partial charge in [0.2, 0.25) is 5.88 Å². The maximum atomic E-state index is 7.12. The molecule has 0 unspecified atom stereocenters. The van der Waals surface area contributed by atoms with Gasteiger partial charge in [-0.2, -0.15) is 4.98 Å². The normalized spacial score (nSPS) is 8.00. The van der Waals surface area contributed by atoms with Crippen LogP contribution in [0.15, 0.2) is 12.3 Å². The van der Waals surface area contributed by atoms with Gasteiger partial charge >= 0.3 is 13.7 Å². The fourth-order valence-electron chi connectivity index (χ4n) is 0.537. The van der Waals surface area contributed by atoms with Gasteiger partial charge in [0.25, 0.3) is 0 Å². The molecule has 0 saturated carbocycles. The van der Waals surface area contributed by atoms with Crippen LogP contribution in [0.4, 0.5) is 0 Å². The molecule has 0 aliphatic carbocycles. The fourth-order valence-corrected chi connectivity index (χ4v) is 0.537. The summed E-state index contributed by atoms with van der Waals surface area (Å²) in [6, 6.07) is 1.97. The van der Waals surface area contributed by atoms with Crippen molar-refractivity contribution >= 4 is 7.69 Å². The molecule has 7 heteroatoms. The van der Waals surface area contributed by atoms with Gasteiger partial charge in [-0.15, -0.1) is 0 Å². The molecule has 1 aromatic heterocycles. The summed E-state index contributed by atoms with van der Waals surface area (Å²) >= 11 is 0. The zero-order chi connectivity index (χ0) is 10.1. The van der Waals surface area contributed by atoms with Gasteiger partial charge in [0, 0.05) is 12.3 Å². The number of aromatic nitrogens is 2. The van der Waals surface area contributed by atoms with E-state index in [2.05, 4.69) is 9.97 Å². The first kappa shape index (κ1) is 11.7. The van der Waals surface area contributed by atoms with E-state index >= 15 is 0 Å². The smallest absolute Gasteiger partial charge is 0.432 e. The fraction of sp³-hybridized carbons (Fsp3) is 0.333. The lowest BCUT2D eigenvalue weighted by molar-refractivity contribution is 0.352. The molecule has 2 N–H and O–H groups in total. The maximum absolute atomic E-state index is 7.12. The zero-order valence-corrected chi connectivity index (χ0v) is 7.47. The van der Waals surface area contributed by atoms with Crippen molar-refractivity contribution in [2.75, 3.05) is 14.2 Å². The van der Waals surface area contributed by atoms with Crippen LogP contribution in [0.25, 0.3) is 0 Å². The second-order valence-electron chi connectivity index (χ2n) is 1.73. The lowest BCUT2D eigenvalue weighted by Gasteiger charge is -1.98. The Morgan fingerprint density at radius 3 is 2.38 bits per heavy atom. The zero-order valence-electron chi connectivity index (χ0n) is 7.47. The molecule has 13 heavy (non-hydrogen) atoms. The minimum atomic E-state index is -0.750. The minimum absolute atomic E-state index is 0.319. The van der Waals surface area contributed by atoms with Crippen LogP contribution in [0.2, 0.25) is 0 Å². The molecule has 1 rings (SSSR count). The highest BCUT2D eigenvalue weighted by molar-refractivity contribution is 6.13. The highest BCUT2D eigenvalue weighted by Gasteiger charge is 1.95. The topological polar surface area (TPSA) is 84.7 Å². The van der Waals surface area contributed by atoms with E-state index < -0.39 is 7.69 Å². The van der Waals surface area contributed by atoms with Gasteiger partial charge in [-0.25, -0.2) is 4.98 Å². The van der Waals surface area contributed by atoms with Crippen molar-refractivity contribution in [3.05, 3.63) is 12.3 Å². The van der Waals surface area contributed by atoms with E-state index in [1.807, 2.05) is 0 Å². The predicted octanol–water partition coefficient (Wildman–Crippen LogP) is -1.27. The molecule has 6 nitrogen and oxygen atoms in total. The average Bonchev–Trinajstić information content (AvgIpc) is 2.19. The van der Waals surface area contributed by atoms with Crippen LogP contribution in [0.1, 0.15) is 0 Å². The molecular formula is C6H11BN2O4. The van der Waals surface area contributed by atoms with Crippen LogP contribution in [-0.4, -0.2) is 41.9 Å². The lowest BCUT2D eigenvalue weighted by Crippen LogP contribution is -1.93. The van der Waals surface area contributed by atoms with Crippen LogP contribution >= 0.6 is 0 Å². The molecule has 0 aliphatic heterocycles. The summed E-state index contributed by atoms with van der Waals surface area (Å²) in [6.07, 6.45) is 1.57. The van der Waals surface area contributed by atoms with Crippen LogP contribution in [0.5, 0.6) is 11.9 Å². The number of methoxy groups -OCH3 is 2. The third-order valence-corrected chi connectivity index (χ3v) is 1.000. The Bertz CT molecular complexity index is 216. The Balaban J connectivity index is 0.000000424. The second kappa shape index (κ2) is 7.32. The average molecular weight is 186 g/mol. The highest BCUT2D eigenvalue weighted by atomic mass is 16.5. The first-order valence-electron chi connectivity index (χ1n) is 3.41. The summed E-state index contributed by atoms with van der Waals surface area (Å²) in [7, 11) is 2.30. The van der Waals surface area contributed by atoms with Crippen molar-refractivity contribution in [3.63, 3.8) is 0 Å². The molecule has 0 bridgehead atoms. The molecular weight excluding hydrogens is 175 g/mol. The summed E-state index contributed by atoms with van der Waals surface area (Å²) in [5.74, 6) is 0.506. The molecule has 72 valence electrons. The van der Waals surface area contributed by atoms with Crippen LogP contribution in [0.3, 0.4) is 0 Å². The Labute approximate surface area is 76.5 Å². The first-order chi connectivity index (χ1) is 6.28. The first-order valence-corrected chi connectivity index (χ1v) is 3.41. The Morgan fingerprint density at radius 2 is 1.92 bits per heavy atom. The number of rotatable bonds is 2. The van der Waals surface area contributed by atoms with E-state index in [1.54, 1.807) is 19.4 Å².